The van der Waals surface area contributed by atoms with Crippen LogP contribution in [0.5, 0.6) is 0 Å². The average Bonchev–Trinajstić information content (AvgIpc) is 3.06. The monoisotopic (exact) mass is 379 g/mol. The van der Waals surface area contributed by atoms with Crippen LogP contribution in [-0.2, 0) is 10.0 Å². The maximum atomic E-state index is 12.9. The number of sulfonamides is 1. The van der Waals surface area contributed by atoms with E-state index in [0.717, 1.165) is 32.2 Å². The molecule has 2 saturated heterocycles. The fourth-order valence-electron chi connectivity index (χ4n) is 3.95. The number of nitrogens with one attached hydrogen (secondary N) is 1. The lowest BCUT2D eigenvalue weighted by Gasteiger charge is -2.33. The van der Waals surface area contributed by atoms with Gasteiger partial charge in [-0.05, 0) is 56.2 Å². The first kappa shape index (κ1) is 19.2. The minimum absolute atomic E-state index is 0.0777. The number of hydrogen-bond donors (Lipinski definition) is 1. The fourth-order valence-corrected chi connectivity index (χ4v) is 4.86. The summed E-state index contributed by atoms with van der Waals surface area (Å²) in [6.45, 7) is 5.84. The molecule has 2 unspecified atom stereocenters. The smallest absolute Gasteiger partial charge is 0.318 e. The van der Waals surface area contributed by atoms with Gasteiger partial charge in [0.2, 0.25) is 10.0 Å². The van der Waals surface area contributed by atoms with Gasteiger partial charge >= 0.3 is 6.03 Å². The quantitative estimate of drug-likeness (QED) is 0.877. The second kappa shape index (κ2) is 7.56. The minimum atomic E-state index is -3.21. The molecule has 7 heteroatoms. The van der Waals surface area contributed by atoms with E-state index in [2.05, 4.69) is 37.4 Å². The van der Waals surface area contributed by atoms with E-state index in [-0.39, 0.29) is 18.1 Å². The summed E-state index contributed by atoms with van der Waals surface area (Å²) in [6, 6.07) is 6.31. The van der Waals surface area contributed by atoms with Crippen LogP contribution in [0.3, 0.4) is 0 Å². The van der Waals surface area contributed by atoms with Crippen molar-refractivity contribution in [2.45, 2.75) is 51.6 Å². The van der Waals surface area contributed by atoms with Crippen LogP contribution in [0.25, 0.3) is 0 Å². The Kier molecular flexibility index (Phi) is 5.58. The van der Waals surface area contributed by atoms with Gasteiger partial charge in [-0.2, -0.15) is 0 Å². The number of benzene rings is 1. The number of nitrogens with zero attached hydrogens (tertiary/aromatic N) is 2. The van der Waals surface area contributed by atoms with Crippen LogP contribution in [0.1, 0.15) is 48.4 Å². The summed E-state index contributed by atoms with van der Waals surface area (Å²) in [5.41, 5.74) is 3.68. The largest absolute Gasteiger partial charge is 0.334 e. The van der Waals surface area contributed by atoms with Crippen LogP contribution >= 0.6 is 0 Å². The van der Waals surface area contributed by atoms with Gasteiger partial charge in [0.05, 0.1) is 12.3 Å². The standard InChI is InChI=1S/C19H29N3O3S/c1-14-8-9-16(12-15(14)2)18-7-5-11-22(18)19(23)20-17-6-4-10-21(13-17)26(3,24)25/h8-9,12,17-18H,4-7,10-11,13H2,1-3H3,(H,20,23). The van der Waals surface area contributed by atoms with Gasteiger partial charge in [-0.1, -0.05) is 18.2 Å². The Morgan fingerprint density at radius 2 is 1.85 bits per heavy atom. The van der Waals surface area contributed by atoms with Gasteiger partial charge in [0, 0.05) is 25.7 Å². The van der Waals surface area contributed by atoms with E-state index in [0.29, 0.717) is 13.1 Å². The zero-order valence-corrected chi connectivity index (χ0v) is 16.7. The van der Waals surface area contributed by atoms with Crippen molar-refractivity contribution >= 4 is 16.1 Å². The number of amides is 2. The van der Waals surface area contributed by atoms with E-state index >= 15 is 0 Å². The Labute approximate surface area is 156 Å². The molecule has 144 valence electrons. The lowest BCUT2D eigenvalue weighted by molar-refractivity contribution is 0.181. The van der Waals surface area contributed by atoms with Gasteiger partial charge in [-0.3, -0.25) is 0 Å². The Hall–Kier alpha value is -1.60. The molecule has 0 aromatic heterocycles. The Morgan fingerprint density at radius 1 is 1.12 bits per heavy atom. The van der Waals surface area contributed by atoms with Crippen molar-refractivity contribution in [1.29, 1.82) is 0 Å². The molecule has 2 aliphatic rings. The van der Waals surface area contributed by atoms with Crippen LogP contribution in [-0.4, -0.2) is 55.6 Å². The lowest BCUT2D eigenvalue weighted by Crippen LogP contribution is -2.52. The molecule has 2 aliphatic heterocycles. The Morgan fingerprint density at radius 3 is 2.54 bits per heavy atom. The van der Waals surface area contributed by atoms with Crippen LogP contribution < -0.4 is 5.32 Å². The van der Waals surface area contributed by atoms with Gasteiger partial charge in [-0.15, -0.1) is 0 Å². The molecular weight excluding hydrogens is 350 g/mol. The van der Waals surface area contributed by atoms with E-state index in [1.165, 1.54) is 27.3 Å². The summed E-state index contributed by atoms with van der Waals surface area (Å²) in [7, 11) is -3.21. The van der Waals surface area contributed by atoms with Crippen molar-refractivity contribution in [2.24, 2.45) is 0 Å². The third kappa shape index (κ3) is 4.20. The molecule has 1 N–H and O–H groups in total. The Balaban J connectivity index is 1.67. The van der Waals surface area contributed by atoms with Crippen LogP contribution in [0, 0.1) is 13.8 Å². The number of likely N-dealkylation sites (tertiary alicyclic amines) is 1. The molecule has 1 aromatic carbocycles. The van der Waals surface area contributed by atoms with Gasteiger partial charge in [0.25, 0.3) is 0 Å². The average molecular weight is 380 g/mol. The minimum Gasteiger partial charge on any atom is -0.334 e. The molecule has 2 heterocycles. The predicted octanol–water partition coefficient (Wildman–Crippen LogP) is 2.57. The van der Waals surface area contributed by atoms with Crippen molar-refractivity contribution in [2.75, 3.05) is 25.9 Å². The highest BCUT2D eigenvalue weighted by Gasteiger charge is 2.33. The maximum absolute atomic E-state index is 12.9. The Bertz CT molecular complexity index is 778. The normalized spacial score (nSPS) is 24.7. The molecule has 0 saturated carbocycles. The highest BCUT2D eigenvalue weighted by atomic mass is 32.2. The lowest BCUT2D eigenvalue weighted by atomic mass is 9.99. The summed E-state index contributed by atoms with van der Waals surface area (Å²) in [5, 5.41) is 3.07. The second-order valence-corrected chi connectivity index (χ2v) is 9.59. The molecule has 3 rings (SSSR count). The summed E-state index contributed by atoms with van der Waals surface area (Å²) in [4.78, 5) is 14.8. The SMILES string of the molecule is Cc1ccc(C2CCCN2C(=O)NC2CCCN(S(C)(=O)=O)C2)cc1C. The zero-order valence-electron chi connectivity index (χ0n) is 15.9. The number of urea groups is 1. The second-order valence-electron chi connectivity index (χ2n) is 7.60. The number of hydrogen-bond acceptors (Lipinski definition) is 3. The van der Waals surface area contributed by atoms with Crippen molar-refractivity contribution in [3.8, 4) is 0 Å². The maximum Gasteiger partial charge on any atom is 0.318 e. The van der Waals surface area contributed by atoms with E-state index < -0.39 is 10.0 Å². The van der Waals surface area contributed by atoms with Crippen LogP contribution in [0.2, 0.25) is 0 Å². The molecule has 2 amide bonds. The summed E-state index contributed by atoms with van der Waals surface area (Å²) >= 11 is 0. The van der Waals surface area contributed by atoms with E-state index in [9.17, 15) is 13.2 Å². The third-order valence-electron chi connectivity index (χ3n) is 5.61. The van der Waals surface area contributed by atoms with E-state index in [1.807, 2.05) is 4.90 Å². The van der Waals surface area contributed by atoms with Crippen molar-refractivity contribution in [3.05, 3.63) is 34.9 Å². The first-order valence-electron chi connectivity index (χ1n) is 9.35. The summed E-state index contributed by atoms with van der Waals surface area (Å²) < 4.78 is 25.0. The van der Waals surface area contributed by atoms with Crippen LogP contribution in [0.15, 0.2) is 18.2 Å². The number of piperidine rings is 1. The highest BCUT2D eigenvalue weighted by Crippen LogP contribution is 2.33. The summed E-state index contributed by atoms with van der Waals surface area (Å²) in [6.07, 6.45) is 4.78. The molecule has 2 atom stereocenters. The van der Waals surface area contributed by atoms with E-state index in [1.54, 1.807) is 0 Å². The van der Waals surface area contributed by atoms with Crippen molar-refractivity contribution in [1.82, 2.24) is 14.5 Å². The van der Waals surface area contributed by atoms with Gasteiger partial charge < -0.3 is 10.2 Å². The molecule has 0 radical (unpaired) electrons. The zero-order chi connectivity index (χ0) is 18.9. The predicted molar refractivity (Wildman–Crippen MR) is 103 cm³/mol. The number of aryl methyl sites for hydroxylation is 2. The highest BCUT2D eigenvalue weighted by molar-refractivity contribution is 7.88. The topological polar surface area (TPSA) is 69.7 Å². The molecule has 2 fully saturated rings. The number of carbonyl (C=O) groups is 1. The number of carbonyl (C=O) groups excluding carboxylic acids is 1. The van der Waals surface area contributed by atoms with Crippen molar-refractivity contribution < 1.29 is 13.2 Å². The van der Waals surface area contributed by atoms with Crippen molar-refractivity contribution in [3.63, 3.8) is 0 Å². The molecule has 1 aromatic rings. The molecular formula is C19H29N3O3S. The van der Waals surface area contributed by atoms with Gasteiger partial charge in [0.1, 0.15) is 0 Å². The molecule has 0 bridgehead atoms. The van der Waals surface area contributed by atoms with Gasteiger partial charge in [0.15, 0.2) is 0 Å². The molecule has 6 nitrogen and oxygen atoms in total. The number of rotatable bonds is 3. The molecule has 0 spiro atoms. The first-order chi connectivity index (χ1) is 12.3. The summed E-state index contributed by atoms with van der Waals surface area (Å²) in [5.74, 6) is 0. The van der Waals surface area contributed by atoms with E-state index in [4.69, 9.17) is 0 Å². The third-order valence-corrected chi connectivity index (χ3v) is 6.88. The molecule has 26 heavy (non-hydrogen) atoms. The van der Waals surface area contributed by atoms with Gasteiger partial charge in [-0.25, -0.2) is 17.5 Å². The van der Waals surface area contributed by atoms with Crippen LogP contribution in [0.4, 0.5) is 4.79 Å². The fraction of sp³-hybridized carbons (Fsp3) is 0.632. The molecule has 0 aliphatic carbocycles. The first-order valence-corrected chi connectivity index (χ1v) is 11.2.